The van der Waals surface area contributed by atoms with Gasteiger partial charge in [0.1, 0.15) is 17.1 Å². The topological polar surface area (TPSA) is 119 Å². The van der Waals surface area contributed by atoms with Crippen LogP contribution in [-0.4, -0.2) is 51.5 Å². The molecule has 3 aromatic carbocycles. The molecule has 2 aliphatic rings. The lowest BCUT2D eigenvalue weighted by Gasteiger charge is -2.49. The number of nitrogens with zero attached hydrogens (tertiary/aromatic N) is 1. The number of benzene rings is 3. The van der Waals surface area contributed by atoms with Crippen molar-refractivity contribution in [3.8, 4) is 0 Å². The van der Waals surface area contributed by atoms with Gasteiger partial charge in [-0.1, -0.05) is 83.9 Å². The maximum absolute atomic E-state index is 13.6. The fourth-order valence-electron chi connectivity index (χ4n) is 4.49. The van der Waals surface area contributed by atoms with Gasteiger partial charge in [-0.15, -0.1) is 23.5 Å². The van der Waals surface area contributed by atoms with E-state index in [4.69, 9.17) is 33.7 Å². The highest BCUT2D eigenvalue weighted by Gasteiger charge is 2.55. The Morgan fingerprint density at radius 1 is 1.02 bits per heavy atom. The van der Waals surface area contributed by atoms with E-state index < -0.39 is 41.2 Å². The number of hydrogen-bond donors (Lipinski definition) is 2. The van der Waals surface area contributed by atoms with E-state index >= 15 is 0 Å². The number of nitrogens with one attached hydrogen (secondary N) is 1. The molecule has 1 saturated heterocycles. The van der Waals surface area contributed by atoms with E-state index in [0.717, 1.165) is 0 Å². The molecular weight excluding hydrogens is 605 g/mol. The van der Waals surface area contributed by atoms with Crippen molar-refractivity contribution in [3.63, 3.8) is 0 Å². The summed E-state index contributed by atoms with van der Waals surface area (Å²) in [5.74, 6) is -2.54. The number of ether oxygens (including phenoxy) is 1. The summed E-state index contributed by atoms with van der Waals surface area (Å²) in [6, 6.07) is 22.3. The van der Waals surface area contributed by atoms with E-state index in [9.17, 15) is 19.2 Å². The van der Waals surface area contributed by atoms with Crippen LogP contribution in [-0.2, 0) is 23.9 Å². The molecule has 1 fully saturated rings. The minimum Gasteiger partial charge on any atom is -0.448 e. The third kappa shape index (κ3) is 6.25. The van der Waals surface area contributed by atoms with E-state index in [1.807, 2.05) is 60.7 Å². The summed E-state index contributed by atoms with van der Waals surface area (Å²) in [7, 11) is 0. The van der Waals surface area contributed by atoms with E-state index in [2.05, 4.69) is 5.32 Å². The third-order valence-electron chi connectivity index (χ3n) is 6.46. The van der Waals surface area contributed by atoms with Crippen LogP contribution in [0.15, 0.2) is 95.0 Å². The number of β-lactam (4-membered cyclic amide) rings is 1. The molecule has 2 aliphatic heterocycles. The second-order valence-electron chi connectivity index (χ2n) is 9.12. The average molecular weight is 629 g/mol. The van der Waals surface area contributed by atoms with Crippen molar-refractivity contribution in [2.75, 3.05) is 11.5 Å². The molecule has 0 saturated carbocycles. The summed E-state index contributed by atoms with van der Waals surface area (Å²) >= 11 is 14.6. The maximum atomic E-state index is 13.6. The Balaban J connectivity index is 1.33. The molecule has 3 aromatic rings. The summed E-state index contributed by atoms with van der Waals surface area (Å²) in [6.07, 6.45) is -0.790. The third-order valence-corrected chi connectivity index (χ3v) is 9.47. The smallest absolute Gasteiger partial charge is 0.356 e. The van der Waals surface area contributed by atoms with Crippen LogP contribution in [0.5, 0.6) is 0 Å². The number of thioether (sulfide) groups is 2. The number of amides is 3. The van der Waals surface area contributed by atoms with E-state index in [1.165, 1.54) is 28.4 Å². The number of rotatable bonds is 9. The van der Waals surface area contributed by atoms with Crippen LogP contribution in [0, 0.1) is 0 Å². The van der Waals surface area contributed by atoms with Gasteiger partial charge in [0.05, 0.1) is 16.3 Å². The van der Waals surface area contributed by atoms with Crippen LogP contribution in [0.2, 0.25) is 10.0 Å². The minimum absolute atomic E-state index is 0.00562. The van der Waals surface area contributed by atoms with Gasteiger partial charge in [0.25, 0.3) is 5.91 Å². The molecule has 41 heavy (non-hydrogen) atoms. The van der Waals surface area contributed by atoms with Crippen LogP contribution < -0.4 is 11.1 Å². The summed E-state index contributed by atoms with van der Waals surface area (Å²) < 4.78 is 5.95. The Morgan fingerprint density at radius 2 is 1.66 bits per heavy atom. The zero-order valence-electron chi connectivity index (χ0n) is 21.3. The number of esters is 1. The molecule has 2 heterocycles. The summed E-state index contributed by atoms with van der Waals surface area (Å²) in [4.78, 5) is 53.8. The first-order valence-corrected chi connectivity index (χ1v) is 15.2. The zero-order valence-corrected chi connectivity index (χ0v) is 24.4. The van der Waals surface area contributed by atoms with Gasteiger partial charge in [0.2, 0.25) is 11.8 Å². The van der Waals surface area contributed by atoms with Crippen molar-refractivity contribution in [1.82, 2.24) is 10.2 Å². The van der Waals surface area contributed by atoms with Gasteiger partial charge >= 0.3 is 5.97 Å². The Labute approximate surface area is 254 Å². The van der Waals surface area contributed by atoms with Crippen LogP contribution >= 0.6 is 46.7 Å². The quantitative estimate of drug-likeness (QED) is 0.203. The minimum atomic E-state index is -0.890. The van der Waals surface area contributed by atoms with Crippen LogP contribution in [0.1, 0.15) is 17.2 Å². The van der Waals surface area contributed by atoms with E-state index in [1.54, 1.807) is 18.2 Å². The van der Waals surface area contributed by atoms with Crippen molar-refractivity contribution in [2.45, 2.75) is 22.4 Å². The van der Waals surface area contributed by atoms with Crippen molar-refractivity contribution in [1.29, 1.82) is 0 Å². The molecule has 0 bridgehead atoms. The highest BCUT2D eigenvalue weighted by Crippen LogP contribution is 2.41. The molecular formula is C29H23Cl2N3O5S2. The van der Waals surface area contributed by atoms with Crippen LogP contribution in [0.3, 0.4) is 0 Å². The Hall–Kier alpha value is -3.44. The molecule has 12 heteroatoms. The second kappa shape index (κ2) is 12.6. The lowest BCUT2D eigenvalue weighted by molar-refractivity contribution is -0.154. The molecule has 0 aromatic heterocycles. The first-order chi connectivity index (χ1) is 19.7. The lowest BCUT2D eigenvalue weighted by atomic mass is 10.0. The molecule has 3 amide bonds. The Morgan fingerprint density at radius 3 is 2.27 bits per heavy atom. The first kappa shape index (κ1) is 29.1. The van der Waals surface area contributed by atoms with Gasteiger partial charge in [-0.3, -0.25) is 19.3 Å². The van der Waals surface area contributed by atoms with Crippen molar-refractivity contribution < 1.29 is 23.9 Å². The van der Waals surface area contributed by atoms with Gasteiger partial charge in [-0.25, -0.2) is 4.79 Å². The number of fused-ring (bicyclic) bond motifs is 1. The highest BCUT2D eigenvalue weighted by atomic mass is 35.5. The Kier molecular flexibility index (Phi) is 8.94. The monoisotopic (exact) mass is 627 g/mol. The molecule has 5 rings (SSSR count). The van der Waals surface area contributed by atoms with Crippen LogP contribution in [0.4, 0.5) is 0 Å². The second-order valence-corrected chi connectivity index (χ2v) is 12.1. The standard InChI is InChI=1S/C29H23Cl2N3O5S2/c30-18-11-12-20(31)21(13-18)40-15-22(35)33-23-27(37)34-24(19(26(32)36)14-41-28(23)34)29(38)39-25(16-7-3-1-4-8-16)17-9-5-2-6-10-17/h1-13,23,25,28H,14-15H2,(H2,32,36)(H,33,35)/t23?,28-/m0/s1. The number of primary amides is 1. The molecule has 8 nitrogen and oxygen atoms in total. The predicted molar refractivity (Wildman–Crippen MR) is 159 cm³/mol. The summed E-state index contributed by atoms with van der Waals surface area (Å²) in [5, 5.41) is 3.06. The molecule has 1 unspecified atom stereocenters. The van der Waals surface area contributed by atoms with Gasteiger partial charge in [0.15, 0.2) is 6.10 Å². The number of halogens is 2. The summed E-state index contributed by atoms with van der Waals surface area (Å²) in [5.41, 5.74) is 6.83. The predicted octanol–water partition coefficient (Wildman–Crippen LogP) is 4.56. The fraction of sp³-hybridized carbons (Fsp3) is 0.172. The Bertz CT molecular complexity index is 1500. The van der Waals surface area contributed by atoms with Crippen molar-refractivity contribution in [3.05, 3.63) is 111 Å². The maximum Gasteiger partial charge on any atom is 0.356 e. The van der Waals surface area contributed by atoms with Gasteiger partial charge in [-0.2, -0.15) is 0 Å². The zero-order chi connectivity index (χ0) is 29.1. The van der Waals surface area contributed by atoms with Gasteiger partial charge in [0, 0.05) is 15.7 Å². The summed E-state index contributed by atoms with van der Waals surface area (Å²) in [6.45, 7) is 0. The average Bonchev–Trinajstić information content (AvgIpc) is 2.98. The number of carbonyl (C=O) groups excluding carboxylic acids is 4. The molecule has 3 N–H and O–H groups in total. The molecule has 2 atom stereocenters. The SMILES string of the molecule is NC(=O)C1=C(C(=O)OC(c2ccccc2)c2ccccc2)N2C(=O)C(NC(=O)CSc3cc(Cl)ccc3Cl)[C@@H]2SC1. The molecule has 0 spiro atoms. The van der Waals surface area contributed by atoms with E-state index in [-0.39, 0.29) is 22.8 Å². The lowest BCUT2D eigenvalue weighted by Crippen LogP contribution is -2.71. The molecule has 210 valence electrons. The van der Waals surface area contributed by atoms with E-state index in [0.29, 0.717) is 26.1 Å². The highest BCUT2D eigenvalue weighted by molar-refractivity contribution is 8.00. The largest absolute Gasteiger partial charge is 0.448 e. The fourth-order valence-corrected chi connectivity index (χ4v) is 7.15. The first-order valence-electron chi connectivity index (χ1n) is 12.4. The van der Waals surface area contributed by atoms with Crippen LogP contribution in [0.25, 0.3) is 0 Å². The molecule has 0 aliphatic carbocycles. The number of nitrogens with two attached hydrogens (primary N) is 1. The van der Waals surface area contributed by atoms with Crippen molar-refractivity contribution in [2.24, 2.45) is 5.73 Å². The van der Waals surface area contributed by atoms with Crippen molar-refractivity contribution >= 4 is 70.4 Å². The van der Waals surface area contributed by atoms with Gasteiger partial charge < -0.3 is 15.8 Å². The number of carbonyl (C=O) groups is 4. The number of hydrogen-bond acceptors (Lipinski definition) is 7. The molecule has 0 radical (unpaired) electrons. The van der Waals surface area contributed by atoms with Gasteiger partial charge in [-0.05, 0) is 29.3 Å². The normalized spacial score (nSPS) is 18.0.